The molecule has 0 aliphatic carbocycles. The van der Waals surface area contributed by atoms with Gasteiger partial charge in [0.25, 0.3) is 0 Å². The minimum atomic E-state index is 0.292. The molecule has 2 aromatic rings. The van der Waals surface area contributed by atoms with Gasteiger partial charge in [-0.15, -0.1) is 5.10 Å². The Labute approximate surface area is 82.0 Å². The standard InChI is InChI=1S/C10H11N3O/c1-7(2)10-11-6-9(14-10)8-4-3-5-12-13-8/h3-7H,1-2H3. The number of hydrogen-bond donors (Lipinski definition) is 0. The van der Waals surface area contributed by atoms with Crippen LogP contribution in [0.25, 0.3) is 11.5 Å². The van der Waals surface area contributed by atoms with Crippen LogP contribution in [-0.2, 0) is 0 Å². The largest absolute Gasteiger partial charge is 0.439 e. The van der Waals surface area contributed by atoms with Crippen LogP contribution in [0.2, 0.25) is 0 Å². The van der Waals surface area contributed by atoms with Crippen molar-refractivity contribution in [3.05, 3.63) is 30.4 Å². The Kier molecular flexibility index (Phi) is 2.26. The van der Waals surface area contributed by atoms with E-state index < -0.39 is 0 Å². The van der Waals surface area contributed by atoms with E-state index in [0.717, 1.165) is 5.89 Å². The summed E-state index contributed by atoms with van der Waals surface area (Å²) in [5, 5.41) is 7.72. The van der Waals surface area contributed by atoms with Crippen LogP contribution in [0.15, 0.2) is 28.9 Å². The lowest BCUT2D eigenvalue weighted by molar-refractivity contribution is 0.479. The lowest BCUT2D eigenvalue weighted by Crippen LogP contribution is -1.85. The SMILES string of the molecule is CC(C)c1ncc(-c2cccnn2)o1. The summed E-state index contributed by atoms with van der Waals surface area (Å²) < 4.78 is 5.52. The molecule has 0 N–H and O–H groups in total. The fourth-order valence-corrected chi connectivity index (χ4v) is 1.11. The predicted octanol–water partition coefficient (Wildman–Crippen LogP) is 2.25. The van der Waals surface area contributed by atoms with E-state index >= 15 is 0 Å². The lowest BCUT2D eigenvalue weighted by atomic mass is 10.2. The zero-order valence-electron chi connectivity index (χ0n) is 8.14. The van der Waals surface area contributed by atoms with Crippen molar-refractivity contribution in [2.24, 2.45) is 0 Å². The fraction of sp³-hybridized carbons (Fsp3) is 0.300. The monoisotopic (exact) mass is 189 g/mol. The average molecular weight is 189 g/mol. The molecule has 2 heterocycles. The summed E-state index contributed by atoms with van der Waals surface area (Å²) in [7, 11) is 0. The Morgan fingerprint density at radius 3 is 2.79 bits per heavy atom. The molecule has 0 saturated heterocycles. The maximum Gasteiger partial charge on any atom is 0.197 e. The van der Waals surface area contributed by atoms with Gasteiger partial charge in [0.15, 0.2) is 11.7 Å². The Hall–Kier alpha value is -1.71. The van der Waals surface area contributed by atoms with Gasteiger partial charge in [-0.05, 0) is 12.1 Å². The van der Waals surface area contributed by atoms with Crippen molar-refractivity contribution in [3.63, 3.8) is 0 Å². The smallest absolute Gasteiger partial charge is 0.197 e. The fourth-order valence-electron chi connectivity index (χ4n) is 1.11. The second kappa shape index (κ2) is 3.57. The summed E-state index contributed by atoms with van der Waals surface area (Å²) in [6.07, 6.45) is 3.31. The predicted molar refractivity (Wildman–Crippen MR) is 51.6 cm³/mol. The zero-order chi connectivity index (χ0) is 9.97. The Bertz CT molecular complexity index is 408. The van der Waals surface area contributed by atoms with Crippen molar-refractivity contribution in [2.45, 2.75) is 19.8 Å². The second-order valence-corrected chi connectivity index (χ2v) is 3.33. The number of oxazole rings is 1. The minimum Gasteiger partial charge on any atom is -0.439 e. The topological polar surface area (TPSA) is 51.8 Å². The maximum absolute atomic E-state index is 5.52. The first kappa shape index (κ1) is 8.87. The molecule has 0 bridgehead atoms. The first-order valence-electron chi connectivity index (χ1n) is 4.51. The number of rotatable bonds is 2. The minimum absolute atomic E-state index is 0.292. The average Bonchev–Trinajstić information content (AvgIpc) is 2.68. The van der Waals surface area contributed by atoms with E-state index in [1.807, 2.05) is 26.0 Å². The molecule has 0 amide bonds. The van der Waals surface area contributed by atoms with Crippen LogP contribution in [0.5, 0.6) is 0 Å². The Morgan fingerprint density at radius 2 is 2.21 bits per heavy atom. The van der Waals surface area contributed by atoms with Crippen LogP contribution in [0.3, 0.4) is 0 Å². The molecule has 72 valence electrons. The first-order valence-corrected chi connectivity index (χ1v) is 4.51. The first-order chi connectivity index (χ1) is 6.77. The molecule has 0 spiro atoms. The van der Waals surface area contributed by atoms with E-state index in [9.17, 15) is 0 Å². The molecular weight excluding hydrogens is 178 g/mol. The lowest BCUT2D eigenvalue weighted by Gasteiger charge is -1.96. The van der Waals surface area contributed by atoms with Crippen LogP contribution in [-0.4, -0.2) is 15.2 Å². The van der Waals surface area contributed by atoms with E-state index in [-0.39, 0.29) is 0 Å². The maximum atomic E-state index is 5.52. The van der Waals surface area contributed by atoms with Crippen molar-refractivity contribution >= 4 is 0 Å². The normalized spacial score (nSPS) is 10.8. The van der Waals surface area contributed by atoms with Crippen LogP contribution < -0.4 is 0 Å². The van der Waals surface area contributed by atoms with Gasteiger partial charge in [-0.25, -0.2) is 4.98 Å². The van der Waals surface area contributed by atoms with Gasteiger partial charge in [-0.1, -0.05) is 13.8 Å². The molecule has 2 rings (SSSR count). The molecule has 0 saturated carbocycles. The van der Waals surface area contributed by atoms with Crippen LogP contribution in [0.4, 0.5) is 0 Å². The van der Waals surface area contributed by atoms with Crippen molar-refractivity contribution in [1.82, 2.24) is 15.2 Å². The third-order valence-electron chi connectivity index (χ3n) is 1.84. The van der Waals surface area contributed by atoms with Gasteiger partial charge in [-0.3, -0.25) is 0 Å². The van der Waals surface area contributed by atoms with Gasteiger partial charge in [0, 0.05) is 12.1 Å². The van der Waals surface area contributed by atoms with Crippen molar-refractivity contribution in [1.29, 1.82) is 0 Å². The molecule has 4 heteroatoms. The highest BCUT2D eigenvalue weighted by molar-refractivity contribution is 5.49. The molecule has 4 nitrogen and oxygen atoms in total. The molecule has 0 aliphatic rings. The van der Waals surface area contributed by atoms with E-state index in [1.54, 1.807) is 12.4 Å². The third kappa shape index (κ3) is 1.64. The summed E-state index contributed by atoms with van der Waals surface area (Å²) in [6.45, 7) is 4.07. The van der Waals surface area contributed by atoms with Crippen molar-refractivity contribution in [2.75, 3.05) is 0 Å². The summed E-state index contributed by atoms with van der Waals surface area (Å²) in [6, 6.07) is 3.66. The number of aromatic nitrogens is 3. The van der Waals surface area contributed by atoms with E-state index in [1.165, 1.54) is 0 Å². The Morgan fingerprint density at radius 1 is 1.36 bits per heavy atom. The van der Waals surface area contributed by atoms with Gasteiger partial charge < -0.3 is 4.42 Å². The Balaban J connectivity index is 2.34. The second-order valence-electron chi connectivity index (χ2n) is 3.33. The summed E-state index contributed by atoms with van der Waals surface area (Å²) in [4.78, 5) is 4.16. The molecule has 14 heavy (non-hydrogen) atoms. The number of hydrogen-bond acceptors (Lipinski definition) is 4. The highest BCUT2D eigenvalue weighted by Crippen LogP contribution is 2.20. The summed E-state index contributed by atoms with van der Waals surface area (Å²) >= 11 is 0. The van der Waals surface area contributed by atoms with Gasteiger partial charge in [0.2, 0.25) is 0 Å². The van der Waals surface area contributed by atoms with Crippen LogP contribution >= 0.6 is 0 Å². The quantitative estimate of drug-likeness (QED) is 0.727. The molecule has 0 atom stereocenters. The van der Waals surface area contributed by atoms with E-state index in [2.05, 4.69) is 15.2 Å². The van der Waals surface area contributed by atoms with Crippen LogP contribution in [0.1, 0.15) is 25.7 Å². The summed E-state index contributed by atoms with van der Waals surface area (Å²) in [5.74, 6) is 1.69. The molecule has 0 unspecified atom stereocenters. The van der Waals surface area contributed by atoms with E-state index in [4.69, 9.17) is 4.42 Å². The van der Waals surface area contributed by atoms with Crippen molar-refractivity contribution < 1.29 is 4.42 Å². The van der Waals surface area contributed by atoms with Gasteiger partial charge >= 0.3 is 0 Å². The molecule has 0 fully saturated rings. The highest BCUT2D eigenvalue weighted by Gasteiger charge is 2.09. The molecule has 0 aliphatic heterocycles. The zero-order valence-corrected chi connectivity index (χ0v) is 8.14. The number of nitrogens with zero attached hydrogens (tertiary/aromatic N) is 3. The molecule has 0 aromatic carbocycles. The van der Waals surface area contributed by atoms with Gasteiger partial charge in [-0.2, -0.15) is 5.10 Å². The summed E-state index contributed by atoms with van der Waals surface area (Å²) in [5.41, 5.74) is 0.715. The van der Waals surface area contributed by atoms with E-state index in [0.29, 0.717) is 17.4 Å². The molecular formula is C10H11N3O. The van der Waals surface area contributed by atoms with Crippen LogP contribution in [0, 0.1) is 0 Å². The van der Waals surface area contributed by atoms with Crippen molar-refractivity contribution in [3.8, 4) is 11.5 Å². The van der Waals surface area contributed by atoms with Gasteiger partial charge in [0.05, 0.1) is 6.20 Å². The van der Waals surface area contributed by atoms with Gasteiger partial charge in [0.1, 0.15) is 5.69 Å². The molecule has 0 radical (unpaired) electrons. The molecule has 2 aromatic heterocycles. The third-order valence-corrected chi connectivity index (χ3v) is 1.84. The highest BCUT2D eigenvalue weighted by atomic mass is 16.4.